The van der Waals surface area contributed by atoms with Crippen molar-refractivity contribution in [3.63, 3.8) is 0 Å². The molecule has 1 unspecified atom stereocenters. The number of nitrogens with one attached hydrogen (secondary N) is 3. The first kappa shape index (κ1) is 17.5. The maximum absolute atomic E-state index is 12.2. The van der Waals surface area contributed by atoms with Gasteiger partial charge in [0, 0.05) is 11.7 Å². The van der Waals surface area contributed by atoms with Gasteiger partial charge in [0.05, 0.1) is 7.05 Å². The predicted molar refractivity (Wildman–Crippen MR) is 91.5 cm³/mol. The van der Waals surface area contributed by atoms with E-state index in [1.54, 1.807) is 0 Å². The lowest BCUT2D eigenvalue weighted by Gasteiger charge is -2.17. The van der Waals surface area contributed by atoms with Gasteiger partial charge in [-0.05, 0) is 50.7 Å². The van der Waals surface area contributed by atoms with E-state index < -0.39 is 0 Å². The molecule has 1 aliphatic carbocycles. The van der Waals surface area contributed by atoms with E-state index in [-0.39, 0.29) is 24.4 Å². The number of rotatable bonds is 7. The van der Waals surface area contributed by atoms with Crippen molar-refractivity contribution in [2.24, 2.45) is 5.92 Å². The number of amides is 2. The Kier molecular flexibility index (Phi) is 5.77. The van der Waals surface area contributed by atoms with Crippen LogP contribution >= 0.6 is 0 Å². The van der Waals surface area contributed by atoms with Gasteiger partial charge in [-0.2, -0.15) is 0 Å². The molecule has 0 radical (unpaired) electrons. The molecule has 1 aliphatic rings. The first-order valence-electron chi connectivity index (χ1n) is 8.33. The molecule has 2 rings (SSSR count). The molecule has 1 fully saturated rings. The van der Waals surface area contributed by atoms with Crippen LogP contribution in [0, 0.1) is 19.8 Å². The summed E-state index contributed by atoms with van der Waals surface area (Å²) < 4.78 is 0. The minimum absolute atomic E-state index is 0.0155. The average molecular weight is 318 g/mol. The first-order chi connectivity index (χ1) is 10.9. The Bertz CT molecular complexity index is 561. The molecule has 1 aromatic rings. The van der Waals surface area contributed by atoms with Crippen molar-refractivity contribution < 1.29 is 14.5 Å². The van der Waals surface area contributed by atoms with Crippen LogP contribution in [0.2, 0.25) is 0 Å². The molecule has 2 atom stereocenters. The Morgan fingerprint density at radius 1 is 1.17 bits per heavy atom. The topological polar surface area (TPSA) is 62.6 Å². The van der Waals surface area contributed by atoms with Crippen LogP contribution in [-0.2, 0) is 9.59 Å². The lowest BCUT2D eigenvalue weighted by Crippen LogP contribution is -3.11. The van der Waals surface area contributed by atoms with Gasteiger partial charge in [-0.15, -0.1) is 0 Å². The van der Waals surface area contributed by atoms with Crippen LogP contribution in [0.5, 0.6) is 0 Å². The number of hydrogen-bond acceptors (Lipinski definition) is 2. The highest BCUT2D eigenvalue weighted by atomic mass is 16.2. The van der Waals surface area contributed by atoms with E-state index in [2.05, 4.69) is 17.6 Å². The summed E-state index contributed by atoms with van der Waals surface area (Å²) in [6.07, 6.45) is 2.42. The number of likely N-dealkylation sites (N-methyl/N-ethyl adjacent to an activating group) is 1. The summed E-state index contributed by atoms with van der Waals surface area (Å²) >= 11 is 0. The van der Waals surface area contributed by atoms with Crippen LogP contribution < -0.4 is 15.5 Å². The van der Waals surface area contributed by atoms with Crippen LogP contribution in [0.25, 0.3) is 0 Å². The van der Waals surface area contributed by atoms with Crippen molar-refractivity contribution in [2.75, 3.05) is 25.5 Å². The Labute approximate surface area is 138 Å². The van der Waals surface area contributed by atoms with E-state index in [9.17, 15) is 9.59 Å². The van der Waals surface area contributed by atoms with E-state index in [0.29, 0.717) is 12.5 Å². The monoisotopic (exact) mass is 318 g/mol. The lowest BCUT2D eigenvalue weighted by molar-refractivity contribution is -0.862. The quantitative estimate of drug-likeness (QED) is 0.692. The maximum atomic E-state index is 12.2. The van der Waals surface area contributed by atoms with Crippen molar-refractivity contribution in [1.29, 1.82) is 0 Å². The van der Waals surface area contributed by atoms with E-state index in [1.165, 1.54) is 12.8 Å². The number of hydrogen-bond donors (Lipinski definition) is 3. The van der Waals surface area contributed by atoms with Crippen molar-refractivity contribution in [3.8, 4) is 0 Å². The fourth-order valence-corrected chi connectivity index (χ4v) is 2.82. The highest BCUT2D eigenvalue weighted by Gasteiger charge is 2.29. The number of aryl methyl sites for hydroxylation is 2. The third kappa shape index (κ3) is 5.36. The molecule has 0 heterocycles. The Hall–Kier alpha value is -1.88. The Morgan fingerprint density at radius 3 is 2.30 bits per heavy atom. The fraction of sp³-hybridized carbons (Fsp3) is 0.556. The van der Waals surface area contributed by atoms with Crippen LogP contribution in [0.1, 0.15) is 30.9 Å². The number of anilines is 1. The largest absolute Gasteiger partial charge is 0.348 e. The highest BCUT2D eigenvalue weighted by Crippen LogP contribution is 2.32. The fourth-order valence-electron chi connectivity index (χ4n) is 2.82. The number of benzene rings is 1. The zero-order chi connectivity index (χ0) is 17.0. The zero-order valence-electron chi connectivity index (χ0n) is 14.5. The summed E-state index contributed by atoms with van der Waals surface area (Å²) in [5, 5.41) is 5.98. The SMILES string of the molecule is Cc1cccc(C)c1NC(=O)C[NH+](C)CC(=O)N[C@H](C)C1CC1. The van der Waals surface area contributed by atoms with E-state index in [1.807, 2.05) is 39.1 Å². The van der Waals surface area contributed by atoms with Gasteiger partial charge in [0.1, 0.15) is 0 Å². The molecular formula is C18H28N3O2+. The number of carbonyl (C=O) groups is 2. The van der Waals surface area contributed by atoms with Crippen LogP contribution in [0.4, 0.5) is 5.69 Å². The van der Waals surface area contributed by atoms with E-state index in [0.717, 1.165) is 21.7 Å². The average Bonchev–Trinajstić information content (AvgIpc) is 3.27. The normalized spacial score (nSPS) is 16.5. The second kappa shape index (κ2) is 7.59. The summed E-state index contributed by atoms with van der Waals surface area (Å²) in [5.41, 5.74) is 2.97. The summed E-state index contributed by atoms with van der Waals surface area (Å²) in [6.45, 7) is 6.60. The van der Waals surface area contributed by atoms with Gasteiger partial charge in [0.2, 0.25) is 0 Å². The summed E-state index contributed by atoms with van der Waals surface area (Å²) in [5.74, 6) is 0.594. The molecule has 0 bridgehead atoms. The number of para-hydroxylation sites is 1. The van der Waals surface area contributed by atoms with E-state index >= 15 is 0 Å². The standard InChI is InChI=1S/C18H27N3O2/c1-12-6-5-7-13(2)18(12)20-17(23)11-21(4)10-16(22)19-14(3)15-8-9-15/h5-7,14-15H,8-11H2,1-4H3,(H,19,22)(H,20,23)/p+1/t14-/m1/s1. The molecule has 0 saturated heterocycles. The smallest absolute Gasteiger partial charge is 0.279 e. The Balaban J connectivity index is 1.79. The van der Waals surface area contributed by atoms with Gasteiger partial charge >= 0.3 is 0 Å². The third-order valence-corrected chi connectivity index (χ3v) is 4.39. The lowest BCUT2D eigenvalue weighted by atomic mass is 10.1. The van der Waals surface area contributed by atoms with E-state index in [4.69, 9.17) is 0 Å². The van der Waals surface area contributed by atoms with Crippen molar-refractivity contribution >= 4 is 17.5 Å². The molecule has 1 saturated carbocycles. The molecule has 5 heteroatoms. The van der Waals surface area contributed by atoms with Crippen molar-refractivity contribution in [3.05, 3.63) is 29.3 Å². The van der Waals surface area contributed by atoms with Crippen LogP contribution in [0.15, 0.2) is 18.2 Å². The number of carbonyl (C=O) groups excluding carboxylic acids is 2. The van der Waals surface area contributed by atoms with Crippen LogP contribution in [-0.4, -0.2) is 38.0 Å². The van der Waals surface area contributed by atoms with Crippen LogP contribution in [0.3, 0.4) is 0 Å². The third-order valence-electron chi connectivity index (χ3n) is 4.39. The predicted octanol–water partition coefficient (Wildman–Crippen LogP) is 0.671. The molecular weight excluding hydrogens is 290 g/mol. The summed E-state index contributed by atoms with van der Waals surface area (Å²) in [6, 6.07) is 6.18. The molecule has 1 aromatic carbocycles. The minimum Gasteiger partial charge on any atom is -0.348 e. The summed E-state index contributed by atoms with van der Waals surface area (Å²) in [4.78, 5) is 25.0. The molecule has 126 valence electrons. The molecule has 23 heavy (non-hydrogen) atoms. The second-order valence-electron chi connectivity index (χ2n) is 6.82. The molecule has 3 N–H and O–H groups in total. The molecule has 2 amide bonds. The maximum Gasteiger partial charge on any atom is 0.279 e. The molecule has 0 spiro atoms. The van der Waals surface area contributed by atoms with Gasteiger partial charge < -0.3 is 15.5 Å². The first-order valence-corrected chi connectivity index (χ1v) is 8.33. The zero-order valence-corrected chi connectivity index (χ0v) is 14.5. The Morgan fingerprint density at radius 2 is 1.74 bits per heavy atom. The van der Waals surface area contributed by atoms with Gasteiger partial charge in [-0.1, -0.05) is 18.2 Å². The van der Waals surface area contributed by atoms with Gasteiger partial charge in [0.15, 0.2) is 13.1 Å². The van der Waals surface area contributed by atoms with Gasteiger partial charge in [-0.3, -0.25) is 9.59 Å². The van der Waals surface area contributed by atoms with Crippen molar-refractivity contribution in [2.45, 2.75) is 39.7 Å². The highest BCUT2D eigenvalue weighted by molar-refractivity contribution is 5.93. The van der Waals surface area contributed by atoms with Crippen molar-refractivity contribution in [1.82, 2.24) is 5.32 Å². The minimum atomic E-state index is -0.0667. The number of quaternary nitrogens is 1. The second-order valence-corrected chi connectivity index (χ2v) is 6.82. The molecule has 0 aliphatic heterocycles. The van der Waals surface area contributed by atoms with Gasteiger partial charge in [-0.25, -0.2) is 0 Å². The summed E-state index contributed by atoms with van der Waals surface area (Å²) in [7, 11) is 1.87. The van der Waals surface area contributed by atoms with Gasteiger partial charge in [0.25, 0.3) is 11.8 Å². The molecule has 5 nitrogen and oxygen atoms in total. The molecule has 0 aromatic heterocycles.